The molecule has 3 heterocycles. The summed E-state index contributed by atoms with van der Waals surface area (Å²) in [4.78, 5) is 25.4. The Hall–Kier alpha value is -1.16. The van der Waals surface area contributed by atoms with Crippen molar-refractivity contribution in [1.82, 2.24) is 4.90 Å². The third-order valence-corrected chi connectivity index (χ3v) is 3.46. The lowest BCUT2D eigenvalue weighted by Gasteiger charge is -2.21. The van der Waals surface area contributed by atoms with Crippen LogP contribution in [-0.4, -0.2) is 35.0 Å². The number of hydrogen-bond acceptors (Lipinski definition) is 3. The van der Waals surface area contributed by atoms with Crippen molar-refractivity contribution in [1.29, 1.82) is 0 Å². The van der Waals surface area contributed by atoms with Crippen LogP contribution in [-0.2, 0) is 14.3 Å². The van der Waals surface area contributed by atoms with Crippen molar-refractivity contribution in [3.8, 4) is 0 Å². The van der Waals surface area contributed by atoms with Crippen LogP contribution in [0.4, 0.5) is 0 Å². The van der Waals surface area contributed by atoms with Crippen molar-refractivity contribution in [3.63, 3.8) is 0 Å². The van der Waals surface area contributed by atoms with Crippen molar-refractivity contribution < 1.29 is 14.3 Å². The summed E-state index contributed by atoms with van der Waals surface area (Å²) in [7, 11) is 0. The number of amides is 2. The summed E-state index contributed by atoms with van der Waals surface area (Å²) in [5.74, 6) is -0.626. The van der Waals surface area contributed by atoms with Crippen LogP contribution >= 0.6 is 0 Å². The number of ether oxygens (including phenoxy) is 1. The first-order valence-corrected chi connectivity index (χ1v) is 5.32. The fourth-order valence-corrected chi connectivity index (χ4v) is 2.84. The fraction of sp³-hybridized carbons (Fsp3) is 0.636. The Balaban J connectivity index is 2.00. The van der Waals surface area contributed by atoms with Crippen molar-refractivity contribution in [2.45, 2.75) is 32.1 Å². The van der Waals surface area contributed by atoms with Gasteiger partial charge in [0.05, 0.1) is 24.0 Å². The quantitative estimate of drug-likeness (QED) is 0.460. The van der Waals surface area contributed by atoms with Gasteiger partial charge in [-0.25, -0.2) is 0 Å². The molecule has 0 unspecified atom stereocenters. The van der Waals surface area contributed by atoms with E-state index in [1.807, 2.05) is 26.0 Å². The average molecular weight is 207 g/mol. The highest BCUT2D eigenvalue weighted by Crippen LogP contribution is 2.45. The highest BCUT2D eigenvalue weighted by atomic mass is 16.5. The second kappa shape index (κ2) is 2.70. The van der Waals surface area contributed by atoms with E-state index in [0.717, 1.165) is 0 Å². The number of hydrogen-bond donors (Lipinski definition) is 0. The zero-order valence-corrected chi connectivity index (χ0v) is 8.71. The van der Waals surface area contributed by atoms with Gasteiger partial charge in [0.1, 0.15) is 0 Å². The van der Waals surface area contributed by atoms with Crippen molar-refractivity contribution in [2.24, 2.45) is 11.8 Å². The lowest BCUT2D eigenvalue weighted by atomic mass is 9.85. The van der Waals surface area contributed by atoms with Gasteiger partial charge in [-0.05, 0) is 13.8 Å². The van der Waals surface area contributed by atoms with E-state index in [4.69, 9.17) is 4.74 Å². The highest BCUT2D eigenvalue weighted by molar-refractivity contribution is 6.07. The van der Waals surface area contributed by atoms with Gasteiger partial charge in [-0.2, -0.15) is 0 Å². The molecule has 0 spiro atoms. The molecule has 3 aliphatic rings. The van der Waals surface area contributed by atoms with E-state index in [9.17, 15) is 9.59 Å². The van der Waals surface area contributed by atoms with Crippen LogP contribution in [0.15, 0.2) is 12.2 Å². The van der Waals surface area contributed by atoms with Crippen LogP contribution in [0.3, 0.4) is 0 Å². The van der Waals surface area contributed by atoms with Crippen LogP contribution in [0, 0.1) is 11.8 Å². The SMILES string of the molecule is CC(C)N1C(=O)[C@@H]2[C@H](C1=O)[C@H]1C=C[C@H]2O1. The second-order valence-electron chi connectivity index (χ2n) is 4.64. The first-order valence-electron chi connectivity index (χ1n) is 5.32. The molecular weight excluding hydrogens is 194 g/mol. The predicted octanol–water partition coefficient (Wildman–Crippen LogP) is 0.333. The third kappa shape index (κ3) is 0.951. The molecule has 4 atom stereocenters. The lowest BCUT2D eigenvalue weighted by Crippen LogP contribution is -2.39. The molecular formula is C11H13NO3. The third-order valence-electron chi connectivity index (χ3n) is 3.46. The molecule has 2 amide bonds. The molecule has 0 aromatic heterocycles. The Morgan fingerprint density at radius 3 is 2.00 bits per heavy atom. The second-order valence-corrected chi connectivity index (χ2v) is 4.64. The van der Waals surface area contributed by atoms with Crippen LogP contribution in [0.25, 0.3) is 0 Å². The number of imide groups is 1. The van der Waals surface area contributed by atoms with Gasteiger partial charge in [-0.3, -0.25) is 14.5 Å². The number of likely N-dealkylation sites (tertiary alicyclic amines) is 1. The zero-order valence-electron chi connectivity index (χ0n) is 8.71. The molecule has 0 radical (unpaired) electrons. The zero-order chi connectivity index (χ0) is 10.7. The molecule has 3 aliphatic heterocycles. The van der Waals surface area contributed by atoms with E-state index >= 15 is 0 Å². The number of carbonyl (C=O) groups excluding carboxylic acids is 2. The minimum atomic E-state index is -0.255. The standard InChI is InChI=1S/C11H13NO3/c1-5(2)12-10(13)8-6-3-4-7(15-6)9(8)11(12)14/h3-9H,1-2H3/t6-,7-,8-,9+/m1/s1. The summed E-state index contributed by atoms with van der Waals surface area (Å²) in [6.07, 6.45) is 3.47. The fourth-order valence-electron chi connectivity index (χ4n) is 2.84. The van der Waals surface area contributed by atoms with Crippen molar-refractivity contribution >= 4 is 11.8 Å². The van der Waals surface area contributed by atoms with Gasteiger partial charge in [-0.1, -0.05) is 12.2 Å². The Kier molecular flexibility index (Phi) is 1.63. The number of fused-ring (bicyclic) bond motifs is 5. The minimum absolute atomic E-state index is 0.0463. The minimum Gasteiger partial charge on any atom is -0.365 e. The molecule has 4 heteroatoms. The number of carbonyl (C=O) groups is 2. The molecule has 0 N–H and O–H groups in total. The summed E-state index contributed by atoms with van der Waals surface area (Å²) >= 11 is 0. The first kappa shape index (κ1) is 9.09. The van der Waals surface area contributed by atoms with E-state index in [1.54, 1.807) is 0 Å². The lowest BCUT2D eigenvalue weighted by molar-refractivity contribution is -0.144. The number of nitrogens with zero attached hydrogens (tertiary/aromatic N) is 1. The van der Waals surface area contributed by atoms with Gasteiger partial charge in [0.25, 0.3) is 0 Å². The maximum atomic E-state index is 12.0. The normalized spacial score (nSPS) is 42.2. The number of rotatable bonds is 1. The average Bonchev–Trinajstić information content (AvgIpc) is 2.79. The highest BCUT2D eigenvalue weighted by Gasteiger charge is 2.60. The van der Waals surface area contributed by atoms with E-state index < -0.39 is 0 Å². The van der Waals surface area contributed by atoms with Gasteiger partial charge in [0.2, 0.25) is 11.8 Å². The maximum Gasteiger partial charge on any atom is 0.236 e. The van der Waals surface area contributed by atoms with Gasteiger partial charge in [0.15, 0.2) is 0 Å². The van der Waals surface area contributed by atoms with Crippen molar-refractivity contribution in [3.05, 3.63) is 12.2 Å². The molecule has 80 valence electrons. The molecule has 2 bridgehead atoms. The first-order chi connectivity index (χ1) is 7.11. The van der Waals surface area contributed by atoms with E-state index in [-0.39, 0.29) is 41.9 Å². The molecule has 2 fully saturated rings. The molecule has 2 saturated heterocycles. The van der Waals surface area contributed by atoms with Crippen molar-refractivity contribution in [2.75, 3.05) is 0 Å². The van der Waals surface area contributed by atoms with Crippen LogP contribution in [0.1, 0.15) is 13.8 Å². The summed E-state index contributed by atoms with van der Waals surface area (Å²) in [6, 6.07) is -0.0463. The topological polar surface area (TPSA) is 46.6 Å². The van der Waals surface area contributed by atoms with Gasteiger partial charge >= 0.3 is 0 Å². The Morgan fingerprint density at radius 2 is 1.60 bits per heavy atom. The van der Waals surface area contributed by atoms with Gasteiger partial charge in [0, 0.05) is 6.04 Å². The summed E-state index contributed by atoms with van der Waals surface area (Å²) in [6.45, 7) is 3.74. The molecule has 0 saturated carbocycles. The molecule has 0 aromatic rings. The molecule has 15 heavy (non-hydrogen) atoms. The Morgan fingerprint density at radius 1 is 1.13 bits per heavy atom. The Labute approximate surface area is 87.9 Å². The summed E-state index contributed by atoms with van der Waals surface area (Å²) in [5, 5.41) is 0. The predicted molar refractivity (Wildman–Crippen MR) is 51.8 cm³/mol. The van der Waals surface area contributed by atoms with E-state index in [0.29, 0.717) is 0 Å². The van der Waals surface area contributed by atoms with Crippen LogP contribution in [0.2, 0.25) is 0 Å². The molecule has 0 aliphatic carbocycles. The van der Waals surface area contributed by atoms with Gasteiger partial charge < -0.3 is 4.74 Å². The summed E-state index contributed by atoms with van der Waals surface area (Å²) in [5.41, 5.74) is 0. The molecule has 3 rings (SSSR count). The summed E-state index contributed by atoms with van der Waals surface area (Å²) < 4.78 is 5.53. The molecule has 0 aromatic carbocycles. The Bertz CT molecular complexity index is 344. The van der Waals surface area contributed by atoms with E-state index in [1.165, 1.54) is 4.90 Å². The monoisotopic (exact) mass is 207 g/mol. The van der Waals surface area contributed by atoms with Crippen LogP contribution < -0.4 is 0 Å². The molecule has 4 nitrogen and oxygen atoms in total. The van der Waals surface area contributed by atoms with Crippen LogP contribution in [0.5, 0.6) is 0 Å². The largest absolute Gasteiger partial charge is 0.365 e. The van der Waals surface area contributed by atoms with E-state index in [2.05, 4.69) is 0 Å². The smallest absolute Gasteiger partial charge is 0.236 e. The van der Waals surface area contributed by atoms with Gasteiger partial charge in [-0.15, -0.1) is 0 Å². The maximum absolute atomic E-state index is 12.0.